The first-order valence-corrected chi connectivity index (χ1v) is 10.5. The lowest BCUT2D eigenvalue weighted by atomic mass is 9.98. The lowest BCUT2D eigenvalue weighted by Gasteiger charge is -2.15. The summed E-state index contributed by atoms with van der Waals surface area (Å²) in [7, 11) is 0. The number of hydrogen-bond acceptors (Lipinski definition) is 3. The summed E-state index contributed by atoms with van der Waals surface area (Å²) in [5.41, 5.74) is 3.27. The Bertz CT molecular complexity index is 1020. The third kappa shape index (κ3) is 6.71. The van der Waals surface area contributed by atoms with Crippen molar-refractivity contribution >= 4 is 23.2 Å². The lowest BCUT2D eigenvalue weighted by Crippen LogP contribution is -2.21. The molecule has 0 fully saturated rings. The number of hydrogen-bond donors (Lipinski definition) is 2. The molecular formula is C26H28N2O3. The Hall–Kier alpha value is -3.60. The van der Waals surface area contributed by atoms with Crippen LogP contribution < -0.4 is 15.4 Å². The van der Waals surface area contributed by atoms with Gasteiger partial charge in [-0.25, -0.2) is 0 Å². The predicted octanol–water partition coefficient (Wildman–Crippen LogP) is 5.40. The molecular weight excluding hydrogens is 388 g/mol. The average molecular weight is 417 g/mol. The molecule has 5 heteroatoms. The Balaban J connectivity index is 1.55. The highest BCUT2D eigenvalue weighted by molar-refractivity contribution is 5.95. The molecule has 0 aliphatic heterocycles. The van der Waals surface area contributed by atoms with E-state index in [4.69, 9.17) is 4.74 Å². The highest BCUT2D eigenvalue weighted by Gasteiger charge is 2.12. The van der Waals surface area contributed by atoms with E-state index in [9.17, 15) is 9.59 Å². The summed E-state index contributed by atoms with van der Waals surface area (Å²) in [6, 6.07) is 24.4. The van der Waals surface area contributed by atoms with Crippen molar-refractivity contribution in [3.05, 3.63) is 90.0 Å². The number of nitrogens with one attached hydrogen (secondary N) is 2. The van der Waals surface area contributed by atoms with Gasteiger partial charge in [0.25, 0.3) is 5.91 Å². The molecule has 0 aliphatic rings. The minimum absolute atomic E-state index is 0.0853. The Morgan fingerprint density at radius 2 is 1.48 bits per heavy atom. The summed E-state index contributed by atoms with van der Waals surface area (Å²) in [4.78, 5) is 24.7. The second-order valence-corrected chi connectivity index (χ2v) is 7.48. The van der Waals surface area contributed by atoms with Crippen LogP contribution in [0.2, 0.25) is 0 Å². The van der Waals surface area contributed by atoms with Gasteiger partial charge in [-0.1, -0.05) is 68.4 Å². The molecule has 0 heterocycles. The molecule has 2 amide bonds. The second kappa shape index (κ2) is 11.0. The van der Waals surface area contributed by atoms with Gasteiger partial charge < -0.3 is 15.4 Å². The SMILES string of the molecule is CCC(C)c1ccccc1OCC(=O)Nc1cccc(NC(=O)Cc2ccccc2)c1. The lowest BCUT2D eigenvalue weighted by molar-refractivity contribution is -0.118. The molecule has 31 heavy (non-hydrogen) atoms. The van der Waals surface area contributed by atoms with E-state index in [1.54, 1.807) is 24.3 Å². The van der Waals surface area contributed by atoms with Crippen molar-refractivity contribution < 1.29 is 14.3 Å². The zero-order valence-corrected chi connectivity index (χ0v) is 17.9. The molecule has 160 valence electrons. The van der Waals surface area contributed by atoms with Crippen LogP contribution in [0, 0.1) is 0 Å². The zero-order valence-electron chi connectivity index (χ0n) is 17.9. The van der Waals surface area contributed by atoms with Crippen LogP contribution in [0.4, 0.5) is 11.4 Å². The van der Waals surface area contributed by atoms with Gasteiger partial charge in [0.1, 0.15) is 5.75 Å². The number of rotatable bonds is 9. The van der Waals surface area contributed by atoms with E-state index in [0.717, 1.165) is 23.3 Å². The average Bonchev–Trinajstić information content (AvgIpc) is 2.78. The van der Waals surface area contributed by atoms with Crippen LogP contribution in [0.1, 0.15) is 37.3 Å². The minimum Gasteiger partial charge on any atom is -0.483 e. The summed E-state index contributed by atoms with van der Waals surface area (Å²) >= 11 is 0. The van der Waals surface area contributed by atoms with E-state index in [-0.39, 0.29) is 18.4 Å². The van der Waals surface area contributed by atoms with Gasteiger partial charge in [0.15, 0.2) is 6.61 Å². The molecule has 0 bridgehead atoms. The van der Waals surface area contributed by atoms with Gasteiger partial charge in [0, 0.05) is 11.4 Å². The van der Waals surface area contributed by atoms with E-state index < -0.39 is 0 Å². The number of para-hydroxylation sites is 1. The Kier molecular flexibility index (Phi) is 7.82. The maximum atomic E-state index is 12.4. The van der Waals surface area contributed by atoms with Crippen molar-refractivity contribution in [1.82, 2.24) is 0 Å². The molecule has 0 aromatic heterocycles. The molecule has 0 saturated carbocycles. The van der Waals surface area contributed by atoms with Gasteiger partial charge in [0.05, 0.1) is 6.42 Å². The van der Waals surface area contributed by atoms with Gasteiger partial charge in [-0.15, -0.1) is 0 Å². The fourth-order valence-electron chi connectivity index (χ4n) is 3.24. The van der Waals surface area contributed by atoms with E-state index in [2.05, 4.69) is 24.5 Å². The third-order valence-corrected chi connectivity index (χ3v) is 5.06. The van der Waals surface area contributed by atoms with E-state index in [1.807, 2.05) is 54.6 Å². The normalized spacial score (nSPS) is 11.4. The third-order valence-electron chi connectivity index (χ3n) is 5.06. The zero-order chi connectivity index (χ0) is 22.1. The molecule has 0 saturated heterocycles. The van der Waals surface area contributed by atoms with Crippen molar-refractivity contribution in [3.63, 3.8) is 0 Å². The molecule has 1 unspecified atom stereocenters. The number of ether oxygens (including phenoxy) is 1. The number of carbonyl (C=O) groups excluding carboxylic acids is 2. The highest BCUT2D eigenvalue weighted by Crippen LogP contribution is 2.28. The molecule has 2 N–H and O–H groups in total. The monoisotopic (exact) mass is 416 g/mol. The number of anilines is 2. The van der Waals surface area contributed by atoms with E-state index in [1.165, 1.54) is 0 Å². The Morgan fingerprint density at radius 3 is 2.19 bits per heavy atom. The van der Waals surface area contributed by atoms with Gasteiger partial charge in [0.2, 0.25) is 5.91 Å². The Labute approximate surface area is 183 Å². The number of benzene rings is 3. The van der Waals surface area contributed by atoms with Gasteiger partial charge >= 0.3 is 0 Å². The first-order chi connectivity index (χ1) is 15.0. The first-order valence-electron chi connectivity index (χ1n) is 10.5. The number of amides is 2. The van der Waals surface area contributed by atoms with Crippen molar-refractivity contribution in [3.8, 4) is 5.75 Å². The minimum atomic E-state index is -0.258. The molecule has 0 spiro atoms. The molecule has 3 aromatic carbocycles. The molecule has 0 radical (unpaired) electrons. The van der Waals surface area contributed by atoms with Gasteiger partial charge in [-0.05, 0) is 47.7 Å². The van der Waals surface area contributed by atoms with Crippen LogP contribution in [-0.4, -0.2) is 18.4 Å². The molecule has 0 aliphatic carbocycles. The maximum Gasteiger partial charge on any atom is 0.262 e. The quantitative estimate of drug-likeness (QED) is 0.491. The maximum absolute atomic E-state index is 12.4. The summed E-state index contributed by atoms with van der Waals surface area (Å²) in [5, 5.41) is 5.69. The van der Waals surface area contributed by atoms with Crippen molar-refractivity contribution in [2.75, 3.05) is 17.2 Å². The first kappa shape index (κ1) is 22.1. The van der Waals surface area contributed by atoms with Gasteiger partial charge in [-0.3, -0.25) is 9.59 Å². The van der Waals surface area contributed by atoms with Crippen molar-refractivity contribution in [1.29, 1.82) is 0 Å². The fraction of sp³-hybridized carbons (Fsp3) is 0.231. The summed E-state index contributed by atoms with van der Waals surface area (Å²) < 4.78 is 5.77. The summed E-state index contributed by atoms with van der Waals surface area (Å²) in [5.74, 6) is 0.718. The highest BCUT2D eigenvalue weighted by atomic mass is 16.5. The van der Waals surface area contributed by atoms with E-state index in [0.29, 0.717) is 23.7 Å². The number of carbonyl (C=O) groups is 2. The summed E-state index contributed by atoms with van der Waals surface area (Å²) in [6.45, 7) is 4.18. The smallest absolute Gasteiger partial charge is 0.262 e. The topological polar surface area (TPSA) is 67.4 Å². The standard InChI is InChI=1S/C26H28N2O3/c1-3-19(2)23-14-7-8-15-24(23)31-18-26(30)28-22-13-9-12-21(17-22)27-25(29)16-20-10-5-4-6-11-20/h4-15,17,19H,3,16,18H2,1-2H3,(H,27,29)(H,28,30). The van der Waals surface area contributed by atoms with Crippen LogP contribution in [0.15, 0.2) is 78.9 Å². The molecule has 3 rings (SSSR count). The molecule has 1 atom stereocenters. The van der Waals surface area contributed by atoms with Crippen molar-refractivity contribution in [2.45, 2.75) is 32.6 Å². The van der Waals surface area contributed by atoms with E-state index >= 15 is 0 Å². The Morgan fingerprint density at radius 1 is 0.839 bits per heavy atom. The summed E-state index contributed by atoms with van der Waals surface area (Å²) in [6.07, 6.45) is 1.29. The largest absolute Gasteiger partial charge is 0.483 e. The van der Waals surface area contributed by atoms with Crippen molar-refractivity contribution in [2.24, 2.45) is 0 Å². The van der Waals surface area contributed by atoms with Crippen LogP contribution in [0.3, 0.4) is 0 Å². The van der Waals surface area contributed by atoms with Crippen LogP contribution >= 0.6 is 0 Å². The second-order valence-electron chi connectivity index (χ2n) is 7.48. The predicted molar refractivity (Wildman–Crippen MR) is 124 cm³/mol. The molecule has 5 nitrogen and oxygen atoms in total. The van der Waals surface area contributed by atoms with Crippen LogP contribution in [0.5, 0.6) is 5.75 Å². The fourth-order valence-corrected chi connectivity index (χ4v) is 3.24. The van der Waals surface area contributed by atoms with Crippen LogP contribution in [0.25, 0.3) is 0 Å². The van der Waals surface area contributed by atoms with Crippen LogP contribution in [-0.2, 0) is 16.0 Å². The molecule has 3 aromatic rings. The van der Waals surface area contributed by atoms with Gasteiger partial charge in [-0.2, -0.15) is 0 Å².